The fourth-order valence-electron chi connectivity index (χ4n) is 5.35. The highest BCUT2D eigenvalue weighted by molar-refractivity contribution is 7.22. The quantitative estimate of drug-likeness (QED) is 0.161. The average Bonchev–Trinajstić information content (AvgIpc) is 3.58. The number of halogens is 4. The Morgan fingerprint density at radius 2 is 1.91 bits per heavy atom. The Labute approximate surface area is 262 Å². The summed E-state index contributed by atoms with van der Waals surface area (Å²) in [5.41, 5.74) is 2.94. The van der Waals surface area contributed by atoms with Gasteiger partial charge in [-0.1, -0.05) is 41.1 Å². The van der Waals surface area contributed by atoms with Crippen LogP contribution >= 0.6 is 34.5 Å². The lowest BCUT2D eigenvalue weighted by Gasteiger charge is -2.39. The first kappa shape index (κ1) is 28.9. The molecule has 5 aromatic rings. The number of rotatable bonds is 10. The number of anilines is 1. The standard InChI is InChI=1S/C31H23ClF3N3O4S2/c32-22-11-18(41-14-21-26(37-44-28(21)15-5-6-15)20-3-1-2-4-24(20)42-30(34)35)7-8-19(22)17-12-38(13-17)31-36-27-23(33)9-16(29(39)40)10-25(27)43-31/h1-4,7-11,15,17,30H,5-6,12-14H2,(H,39,40). The van der Waals surface area contributed by atoms with Crippen molar-refractivity contribution < 1.29 is 32.5 Å². The minimum absolute atomic E-state index is 0.0688. The van der Waals surface area contributed by atoms with Crippen molar-refractivity contribution in [2.75, 3.05) is 18.0 Å². The monoisotopic (exact) mass is 657 g/mol. The van der Waals surface area contributed by atoms with Gasteiger partial charge in [-0.25, -0.2) is 14.2 Å². The summed E-state index contributed by atoms with van der Waals surface area (Å²) in [7, 11) is 0. The van der Waals surface area contributed by atoms with E-state index in [0.717, 1.165) is 34.9 Å². The van der Waals surface area contributed by atoms with Crippen molar-refractivity contribution in [3.05, 3.63) is 87.0 Å². The minimum Gasteiger partial charge on any atom is -0.489 e. The van der Waals surface area contributed by atoms with E-state index in [0.29, 0.717) is 50.9 Å². The molecule has 0 bridgehead atoms. The lowest BCUT2D eigenvalue weighted by atomic mass is 9.92. The zero-order valence-electron chi connectivity index (χ0n) is 22.8. The first-order valence-electron chi connectivity index (χ1n) is 13.8. The number of benzene rings is 3. The summed E-state index contributed by atoms with van der Waals surface area (Å²) in [6.45, 7) is -1.49. The van der Waals surface area contributed by atoms with Crippen LogP contribution in [0.15, 0.2) is 54.6 Å². The molecule has 1 N–H and O–H groups in total. The van der Waals surface area contributed by atoms with Crippen molar-refractivity contribution >= 4 is 55.8 Å². The van der Waals surface area contributed by atoms with Crippen LogP contribution < -0.4 is 14.4 Å². The van der Waals surface area contributed by atoms with Crippen LogP contribution in [0, 0.1) is 5.82 Å². The number of hydrogen-bond acceptors (Lipinski definition) is 8. The molecule has 0 spiro atoms. The smallest absolute Gasteiger partial charge is 0.387 e. The number of carbonyl (C=O) groups is 1. The Balaban J connectivity index is 1.05. The number of fused-ring (bicyclic) bond motifs is 1. The predicted molar refractivity (Wildman–Crippen MR) is 163 cm³/mol. The highest BCUT2D eigenvalue weighted by Gasteiger charge is 2.33. The van der Waals surface area contributed by atoms with E-state index in [4.69, 9.17) is 21.1 Å². The molecular weight excluding hydrogens is 635 g/mol. The number of nitrogens with zero attached hydrogens (tertiary/aromatic N) is 3. The lowest BCUT2D eigenvalue weighted by Crippen LogP contribution is -2.45. The summed E-state index contributed by atoms with van der Waals surface area (Å²) in [5, 5.41) is 10.4. The lowest BCUT2D eigenvalue weighted by molar-refractivity contribution is -0.0494. The Morgan fingerprint density at radius 3 is 2.64 bits per heavy atom. The van der Waals surface area contributed by atoms with Crippen LogP contribution in [0.25, 0.3) is 21.5 Å². The second-order valence-electron chi connectivity index (χ2n) is 10.7. The van der Waals surface area contributed by atoms with Crippen LogP contribution in [0.4, 0.5) is 18.3 Å². The average molecular weight is 658 g/mol. The molecule has 44 heavy (non-hydrogen) atoms. The van der Waals surface area contributed by atoms with Crippen molar-refractivity contribution in [1.82, 2.24) is 9.36 Å². The Morgan fingerprint density at radius 1 is 1.11 bits per heavy atom. The number of thiazole rings is 1. The second kappa shape index (κ2) is 11.6. The van der Waals surface area contributed by atoms with Gasteiger partial charge in [0.2, 0.25) is 0 Å². The summed E-state index contributed by atoms with van der Waals surface area (Å²) in [4.78, 5) is 18.8. The minimum atomic E-state index is -2.95. The zero-order chi connectivity index (χ0) is 30.5. The molecule has 1 aliphatic carbocycles. The number of carboxylic acids is 1. The summed E-state index contributed by atoms with van der Waals surface area (Å²) in [6.07, 6.45) is 2.11. The first-order valence-corrected chi connectivity index (χ1v) is 15.7. The van der Waals surface area contributed by atoms with Crippen LogP contribution in [0.2, 0.25) is 5.02 Å². The molecule has 2 aliphatic rings. The van der Waals surface area contributed by atoms with Gasteiger partial charge in [0.1, 0.15) is 23.6 Å². The molecule has 226 valence electrons. The number of aromatic carboxylic acids is 1. The molecule has 7 nitrogen and oxygen atoms in total. The number of para-hydroxylation sites is 1. The Hall–Kier alpha value is -3.87. The van der Waals surface area contributed by atoms with Gasteiger partial charge in [-0.3, -0.25) is 0 Å². The fraction of sp³-hybridized carbons (Fsp3) is 0.258. The third kappa shape index (κ3) is 5.57. The van der Waals surface area contributed by atoms with Crippen LogP contribution in [0.5, 0.6) is 11.5 Å². The molecule has 0 atom stereocenters. The number of alkyl halides is 2. The van der Waals surface area contributed by atoms with Crippen molar-refractivity contribution in [3.8, 4) is 22.8 Å². The summed E-state index contributed by atoms with van der Waals surface area (Å²) in [6, 6.07) is 14.6. The van der Waals surface area contributed by atoms with Crippen LogP contribution in [0.1, 0.15) is 51.0 Å². The van der Waals surface area contributed by atoms with Gasteiger partial charge in [0.05, 0.1) is 16.0 Å². The molecular formula is C31H23ClF3N3O4S2. The molecule has 0 unspecified atom stereocenters. The molecule has 2 fully saturated rings. The third-order valence-electron chi connectivity index (χ3n) is 7.76. The van der Waals surface area contributed by atoms with E-state index in [1.807, 2.05) is 17.0 Å². The van der Waals surface area contributed by atoms with E-state index in [9.17, 15) is 23.1 Å². The number of aromatic nitrogens is 2. The number of carboxylic acid groups (broad SMARTS) is 1. The van der Waals surface area contributed by atoms with Crippen LogP contribution in [-0.4, -0.2) is 40.1 Å². The van der Waals surface area contributed by atoms with Gasteiger partial charge in [0.15, 0.2) is 10.9 Å². The summed E-state index contributed by atoms with van der Waals surface area (Å²) >= 11 is 9.32. The van der Waals surface area contributed by atoms with E-state index in [1.165, 1.54) is 35.0 Å². The summed E-state index contributed by atoms with van der Waals surface area (Å²) < 4.78 is 56.6. The maximum atomic E-state index is 14.4. The Kier molecular flexibility index (Phi) is 7.59. The van der Waals surface area contributed by atoms with Crippen LogP contribution in [-0.2, 0) is 6.61 Å². The molecule has 0 amide bonds. The molecule has 7 rings (SSSR count). The van der Waals surface area contributed by atoms with Gasteiger partial charge < -0.3 is 19.5 Å². The normalized spacial score (nSPS) is 15.2. The van der Waals surface area contributed by atoms with E-state index >= 15 is 0 Å². The van der Waals surface area contributed by atoms with Gasteiger partial charge in [-0.15, -0.1) is 0 Å². The summed E-state index contributed by atoms with van der Waals surface area (Å²) in [5.74, 6) is -0.683. The SMILES string of the molecule is O=C(O)c1cc(F)c2nc(N3CC(c4ccc(OCc5c(-c6ccccc6OC(F)F)nsc5C5CC5)cc4Cl)C3)sc2c1. The third-order valence-corrected chi connectivity index (χ3v) is 10.2. The molecule has 1 saturated heterocycles. The van der Waals surface area contributed by atoms with Crippen molar-refractivity contribution in [2.45, 2.75) is 37.9 Å². The van der Waals surface area contributed by atoms with E-state index in [-0.39, 0.29) is 29.4 Å². The molecule has 3 heterocycles. The maximum Gasteiger partial charge on any atom is 0.387 e. The molecule has 13 heteroatoms. The highest BCUT2D eigenvalue weighted by atomic mass is 35.5. The topological polar surface area (TPSA) is 84.8 Å². The van der Waals surface area contributed by atoms with E-state index in [1.54, 1.807) is 24.3 Å². The van der Waals surface area contributed by atoms with Gasteiger partial charge in [0, 0.05) is 40.0 Å². The van der Waals surface area contributed by atoms with Crippen molar-refractivity contribution in [3.63, 3.8) is 0 Å². The molecule has 1 aliphatic heterocycles. The van der Waals surface area contributed by atoms with Gasteiger partial charge >= 0.3 is 12.6 Å². The molecule has 0 radical (unpaired) electrons. The van der Waals surface area contributed by atoms with E-state index in [2.05, 4.69) is 9.36 Å². The fourth-order valence-corrected chi connectivity index (χ4v) is 7.76. The number of ether oxygens (including phenoxy) is 2. The Bertz CT molecular complexity index is 1890. The molecule has 1 saturated carbocycles. The largest absolute Gasteiger partial charge is 0.489 e. The second-order valence-corrected chi connectivity index (χ2v) is 12.9. The zero-order valence-corrected chi connectivity index (χ0v) is 25.2. The highest BCUT2D eigenvalue weighted by Crippen LogP contribution is 2.48. The van der Waals surface area contributed by atoms with Gasteiger partial charge in [-0.2, -0.15) is 13.2 Å². The van der Waals surface area contributed by atoms with Crippen molar-refractivity contribution in [2.24, 2.45) is 0 Å². The predicted octanol–water partition coefficient (Wildman–Crippen LogP) is 8.57. The first-order chi connectivity index (χ1) is 21.2. The van der Waals surface area contributed by atoms with Crippen molar-refractivity contribution in [1.29, 1.82) is 0 Å². The molecule has 2 aromatic heterocycles. The van der Waals surface area contributed by atoms with Gasteiger partial charge in [-0.05, 0) is 72.3 Å². The van der Waals surface area contributed by atoms with Crippen LogP contribution in [0.3, 0.4) is 0 Å². The maximum absolute atomic E-state index is 14.4. The number of hydrogen-bond donors (Lipinski definition) is 1. The molecule has 3 aromatic carbocycles. The van der Waals surface area contributed by atoms with Gasteiger partial charge in [0.25, 0.3) is 0 Å². The van der Waals surface area contributed by atoms with E-state index < -0.39 is 18.4 Å².